The van der Waals surface area contributed by atoms with Gasteiger partial charge in [-0.15, -0.1) is 0 Å². The minimum Gasteiger partial charge on any atom is -0.465 e. The quantitative estimate of drug-likeness (QED) is 0.658. The molecule has 0 aliphatic carbocycles. The molecule has 2 N–H and O–H groups in total. The van der Waals surface area contributed by atoms with Gasteiger partial charge in [-0.2, -0.15) is 0 Å². The molecule has 0 saturated carbocycles. The number of nitrogens with zero attached hydrogens (tertiary/aromatic N) is 2. The lowest BCUT2D eigenvalue weighted by Gasteiger charge is -2.11. The molecule has 0 aliphatic heterocycles. The van der Waals surface area contributed by atoms with Gasteiger partial charge in [-0.05, 0) is 18.2 Å². The SMILES string of the molecule is COC(=O)c1ccccc1Nc1cc(NCc2ccccc2F)ncn1. The van der Waals surface area contributed by atoms with Crippen LogP contribution in [0, 0.1) is 5.82 Å². The van der Waals surface area contributed by atoms with Crippen molar-refractivity contribution in [1.82, 2.24) is 9.97 Å². The Kier molecular flexibility index (Phi) is 5.38. The van der Waals surface area contributed by atoms with Gasteiger partial charge in [0.05, 0.1) is 18.4 Å². The van der Waals surface area contributed by atoms with Crippen molar-refractivity contribution in [1.29, 1.82) is 0 Å². The Morgan fingerprint density at radius 2 is 1.81 bits per heavy atom. The molecule has 2 aromatic carbocycles. The summed E-state index contributed by atoms with van der Waals surface area (Å²) in [6.45, 7) is 0.294. The predicted molar refractivity (Wildman–Crippen MR) is 96.8 cm³/mol. The van der Waals surface area contributed by atoms with E-state index in [4.69, 9.17) is 4.74 Å². The van der Waals surface area contributed by atoms with Gasteiger partial charge in [0.1, 0.15) is 23.8 Å². The lowest BCUT2D eigenvalue weighted by atomic mass is 10.2. The van der Waals surface area contributed by atoms with Crippen molar-refractivity contribution in [3.8, 4) is 0 Å². The van der Waals surface area contributed by atoms with Gasteiger partial charge in [-0.25, -0.2) is 19.2 Å². The Balaban J connectivity index is 1.74. The Hall–Kier alpha value is -3.48. The molecule has 0 spiro atoms. The van der Waals surface area contributed by atoms with Gasteiger partial charge in [0.25, 0.3) is 0 Å². The average Bonchev–Trinajstić information content (AvgIpc) is 2.67. The molecule has 3 aromatic rings. The lowest BCUT2D eigenvalue weighted by Crippen LogP contribution is -2.07. The first-order valence-corrected chi connectivity index (χ1v) is 7.91. The summed E-state index contributed by atoms with van der Waals surface area (Å²) in [5.41, 5.74) is 1.50. The van der Waals surface area contributed by atoms with Crippen molar-refractivity contribution in [3.05, 3.63) is 77.9 Å². The summed E-state index contributed by atoms with van der Waals surface area (Å²) in [7, 11) is 1.33. The number of methoxy groups -OCH3 is 1. The van der Waals surface area contributed by atoms with Crippen LogP contribution in [0.25, 0.3) is 0 Å². The molecule has 6 nitrogen and oxygen atoms in total. The van der Waals surface area contributed by atoms with Crippen LogP contribution in [0.15, 0.2) is 60.9 Å². The van der Waals surface area contributed by atoms with Crippen LogP contribution in [0.1, 0.15) is 15.9 Å². The molecule has 1 aromatic heterocycles. The first kappa shape index (κ1) is 17.3. The predicted octanol–water partition coefficient (Wildman–Crippen LogP) is 3.76. The normalized spacial score (nSPS) is 10.2. The van der Waals surface area contributed by atoms with Crippen molar-refractivity contribution in [2.75, 3.05) is 17.7 Å². The van der Waals surface area contributed by atoms with Gasteiger partial charge >= 0.3 is 5.97 Å². The van der Waals surface area contributed by atoms with Crippen LogP contribution < -0.4 is 10.6 Å². The lowest BCUT2D eigenvalue weighted by molar-refractivity contribution is 0.0602. The molecular weight excluding hydrogens is 335 g/mol. The molecule has 0 aliphatic rings. The first-order valence-electron chi connectivity index (χ1n) is 7.91. The van der Waals surface area contributed by atoms with Gasteiger partial charge in [0.15, 0.2) is 0 Å². The maximum Gasteiger partial charge on any atom is 0.339 e. The Morgan fingerprint density at radius 1 is 1.08 bits per heavy atom. The number of aromatic nitrogens is 2. The maximum atomic E-state index is 13.7. The smallest absolute Gasteiger partial charge is 0.339 e. The second-order valence-electron chi connectivity index (χ2n) is 5.40. The highest BCUT2D eigenvalue weighted by atomic mass is 19.1. The molecule has 132 valence electrons. The Morgan fingerprint density at radius 3 is 2.62 bits per heavy atom. The molecule has 26 heavy (non-hydrogen) atoms. The molecule has 0 atom stereocenters. The van der Waals surface area contributed by atoms with Crippen molar-refractivity contribution in [3.63, 3.8) is 0 Å². The van der Waals surface area contributed by atoms with Crippen molar-refractivity contribution in [2.24, 2.45) is 0 Å². The molecule has 0 amide bonds. The topological polar surface area (TPSA) is 76.1 Å². The van der Waals surface area contributed by atoms with E-state index in [1.165, 1.54) is 19.5 Å². The Labute approximate surface area is 150 Å². The number of carbonyl (C=O) groups excluding carboxylic acids is 1. The fraction of sp³-hybridized carbons (Fsp3) is 0.105. The first-order chi connectivity index (χ1) is 12.7. The number of esters is 1. The standard InChI is InChI=1S/C19H17FN4O2/c1-26-19(25)14-7-3-5-9-16(14)24-18-10-17(22-12-23-18)21-11-13-6-2-4-8-15(13)20/h2-10,12H,11H2,1H3,(H2,21,22,23,24). The largest absolute Gasteiger partial charge is 0.465 e. The highest BCUT2D eigenvalue weighted by molar-refractivity contribution is 5.96. The molecule has 0 radical (unpaired) electrons. The minimum atomic E-state index is -0.444. The summed E-state index contributed by atoms with van der Waals surface area (Å²) in [5, 5.41) is 6.13. The molecule has 7 heteroatoms. The van der Waals surface area contributed by atoms with Crippen LogP contribution in [-0.4, -0.2) is 23.0 Å². The second-order valence-corrected chi connectivity index (χ2v) is 5.40. The highest BCUT2D eigenvalue weighted by Gasteiger charge is 2.11. The minimum absolute atomic E-state index is 0.278. The molecular formula is C19H17FN4O2. The number of hydrogen-bond donors (Lipinski definition) is 2. The summed E-state index contributed by atoms with van der Waals surface area (Å²) in [5.74, 6) is 0.299. The van der Waals surface area contributed by atoms with E-state index in [0.717, 1.165) is 0 Å². The third-order valence-electron chi connectivity index (χ3n) is 3.68. The van der Waals surface area contributed by atoms with E-state index in [9.17, 15) is 9.18 Å². The molecule has 0 unspecified atom stereocenters. The molecule has 0 fully saturated rings. The zero-order valence-corrected chi connectivity index (χ0v) is 14.1. The van der Waals surface area contributed by atoms with E-state index < -0.39 is 5.97 Å². The van der Waals surface area contributed by atoms with E-state index in [1.54, 1.807) is 48.5 Å². The number of rotatable bonds is 6. The number of anilines is 3. The van der Waals surface area contributed by atoms with Crippen molar-refractivity contribution >= 4 is 23.3 Å². The number of hydrogen-bond acceptors (Lipinski definition) is 6. The van der Waals surface area contributed by atoms with Crippen LogP contribution in [0.4, 0.5) is 21.7 Å². The van der Waals surface area contributed by atoms with E-state index in [1.807, 2.05) is 0 Å². The van der Waals surface area contributed by atoms with E-state index in [2.05, 4.69) is 20.6 Å². The van der Waals surface area contributed by atoms with Gasteiger partial charge in [-0.3, -0.25) is 0 Å². The zero-order chi connectivity index (χ0) is 18.4. The number of nitrogens with one attached hydrogen (secondary N) is 2. The summed E-state index contributed by atoms with van der Waals surface area (Å²) >= 11 is 0. The molecule has 3 rings (SSSR count). The monoisotopic (exact) mass is 352 g/mol. The number of carbonyl (C=O) groups is 1. The fourth-order valence-corrected chi connectivity index (χ4v) is 2.37. The second kappa shape index (κ2) is 8.06. The zero-order valence-electron chi connectivity index (χ0n) is 14.1. The number of ether oxygens (including phenoxy) is 1. The molecule has 1 heterocycles. The van der Waals surface area contributed by atoms with Gasteiger partial charge in [0, 0.05) is 18.2 Å². The van der Waals surface area contributed by atoms with Crippen LogP contribution >= 0.6 is 0 Å². The summed E-state index contributed by atoms with van der Waals surface area (Å²) in [6.07, 6.45) is 1.38. The van der Waals surface area contributed by atoms with Gasteiger partial charge in [-0.1, -0.05) is 30.3 Å². The Bertz CT molecular complexity index is 917. The summed E-state index contributed by atoms with van der Waals surface area (Å²) in [6, 6.07) is 15.2. The van der Waals surface area contributed by atoms with E-state index in [0.29, 0.717) is 35.0 Å². The highest BCUT2D eigenvalue weighted by Crippen LogP contribution is 2.21. The van der Waals surface area contributed by atoms with Gasteiger partial charge in [0.2, 0.25) is 0 Å². The van der Waals surface area contributed by atoms with Crippen LogP contribution in [0.5, 0.6) is 0 Å². The van der Waals surface area contributed by atoms with Crippen molar-refractivity contribution < 1.29 is 13.9 Å². The average molecular weight is 352 g/mol. The number of benzene rings is 2. The number of para-hydroxylation sites is 1. The third-order valence-corrected chi connectivity index (χ3v) is 3.68. The summed E-state index contributed by atoms with van der Waals surface area (Å²) < 4.78 is 18.5. The van der Waals surface area contributed by atoms with Gasteiger partial charge < -0.3 is 15.4 Å². The van der Waals surface area contributed by atoms with Crippen LogP contribution in [0.2, 0.25) is 0 Å². The fourth-order valence-electron chi connectivity index (χ4n) is 2.37. The maximum absolute atomic E-state index is 13.7. The number of halogens is 1. The van der Waals surface area contributed by atoms with Crippen molar-refractivity contribution in [2.45, 2.75) is 6.54 Å². The van der Waals surface area contributed by atoms with E-state index in [-0.39, 0.29) is 5.82 Å². The summed E-state index contributed by atoms with van der Waals surface area (Å²) in [4.78, 5) is 20.1. The van der Waals surface area contributed by atoms with E-state index >= 15 is 0 Å². The third kappa shape index (κ3) is 4.13. The van der Waals surface area contributed by atoms with Crippen LogP contribution in [0.3, 0.4) is 0 Å². The molecule has 0 bridgehead atoms. The van der Waals surface area contributed by atoms with Crippen LogP contribution in [-0.2, 0) is 11.3 Å². The molecule has 0 saturated heterocycles.